The third-order valence-corrected chi connectivity index (χ3v) is 4.83. The molecule has 0 aliphatic heterocycles. The van der Waals surface area contributed by atoms with E-state index in [1.54, 1.807) is 18.4 Å². The second-order valence-corrected chi connectivity index (χ2v) is 6.30. The minimum atomic E-state index is 0.404. The van der Waals surface area contributed by atoms with Crippen molar-refractivity contribution in [2.24, 2.45) is 0 Å². The highest BCUT2D eigenvalue weighted by molar-refractivity contribution is 7.09. The molecule has 2 aromatic rings. The summed E-state index contributed by atoms with van der Waals surface area (Å²) in [5, 5.41) is 11.3. The fourth-order valence-electron chi connectivity index (χ4n) is 2.95. The standard InChI is InChI=1S/C15H22N4OS/c1-3-19-14-6-4-5-13(12(14)8-17-19)16-7-11-10-21-15(18-11)9-20-2/h8,10,13,16H,3-7,9H2,1-2H3/t13-/m1/s1. The molecule has 0 spiro atoms. The number of aromatic nitrogens is 3. The molecular formula is C15H22N4OS. The lowest BCUT2D eigenvalue weighted by atomic mass is 9.93. The first-order valence-electron chi connectivity index (χ1n) is 7.52. The molecule has 21 heavy (non-hydrogen) atoms. The first-order valence-corrected chi connectivity index (χ1v) is 8.40. The van der Waals surface area contributed by atoms with Crippen LogP contribution >= 0.6 is 11.3 Å². The summed E-state index contributed by atoms with van der Waals surface area (Å²) in [6, 6.07) is 0.404. The van der Waals surface area contributed by atoms with Gasteiger partial charge in [0.05, 0.1) is 18.5 Å². The first kappa shape index (κ1) is 14.7. The lowest BCUT2D eigenvalue weighted by Crippen LogP contribution is -2.25. The molecule has 6 heteroatoms. The predicted molar refractivity (Wildman–Crippen MR) is 83.2 cm³/mol. The number of nitrogens with zero attached hydrogens (tertiary/aromatic N) is 3. The summed E-state index contributed by atoms with van der Waals surface area (Å²) in [7, 11) is 1.70. The zero-order chi connectivity index (χ0) is 14.7. The van der Waals surface area contributed by atoms with E-state index < -0.39 is 0 Å². The molecular weight excluding hydrogens is 284 g/mol. The van der Waals surface area contributed by atoms with Gasteiger partial charge in [-0.05, 0) is 26.2 Å². The van der Waals surface area contributed by atoms with Crippen molar-refractivity contribution in [1.82, 2.24) is 20.1 Å². The van der Waals surface area contributed by atoms with Crippen molar-refractivity contribution in [2.75, 3.05) is 7.11 Å². The zero-order valence-electron chi connectivity index (χ0n) is 12.6. The number of fused-ring (bicyclic) bond motifs is 1. The van der Waals surface area contributed by atoms with Gasteiger partial charge in [0.1, 0.15) is 5.01 Å². The predicted octanol–water partition coefficient (Wildman–Crippen LogP) is 2.67. The van der Waals surface area contributed by atoms with Crippen LogP contribution in [0.15, 0.2) is 11.6 Å². The van der Waals surface area contributed by atoms with Crippen molar-refractivity contribution in [3.63, 3.8) is 0 Å². The Morgan fingerprint density at radius 2 is 2.43 bits per heavy atom. The van der Waals surface area contributed by atoms with Crippen molar-refractivity contribution in [1.29, 1.82) is 0 Å². The topological polar surface area (TPSA) is 52.0 Å². The van der Waals surface area contributed by atoms with Crippen LogP contribution in [0, 0.1) is 0 Å². The van der Waals surface area contributed by atoms with Crippen LogP contribution in [-0.4, -0.2) is 21.9 Å². The van der Waals surface area contributed by atoms with E-state index in [-0.39, 0.29) is 0 Å². The number of thiazole rings is 1. The van der Waals surface area contributed by atoms with Crippen LogP contribution in [0.5, 0.6) is 0 Å². The molecule has 0 radical (unpaired) electrons. The Kier molecular flexibility index (Phi) is 4.67. The quantitative estimate of drug-likeness (QED) is 0.891. The molecule has 0 saturated carbocycles. The first-order chi connectivity index (χ1) is 10.3. The number of rotatable bonds is 6. The van der Waals surface area contributed by atoms with E-state index in [9.17, 15) is 0 Å². The van der Waals surface area contributed by atoms with E-state index in [4.69, 9.17) is 4.74 Å². The molecule has 5 nitrogen and oxygen atoms in total. The molecule has 0 fully saturated rings. The number of nitrogens with one attached hydrogen (secondary N) is 1. The van der Waals surface area contributed by atoms with E-state index >= 15 is 0 Å². The Morgan fingerprint density at radius 1 is 1.52 bits per heavy atom. The van der Waals surface area contributed by atoms with Crippen LogP contribution in [0.3, 0.4) is 0 Å². The second kappa shape index (κ2) is 6.68. The number of hydrogen-bond donors (Lipinski definition) is 1. The molecule has 0 unspecified atom stereocenters. The molecule has 1 aliphatic rings. The van der Waals surface area contributed by atoms with Crippen molar-refractivity contribution >= 4 is 11.3 Å². The van der Waals surface area contributed by atoms with Gasteiger partial charge in [0.2, 0.25) is 0 Å². The highest BCUT2D eigenvalue weighted by Gasteiger charge is 2.23. The number of hydrogen-bond acceptors (Lipinski definition) is 5. The van der Waals surface area contributed by atoms with Gasteiger partial charge in [-0.1, -0.05) is 0 Å². The Morgan fingerprint density at radius 3 is 3.24 bits per heavy atom. The largest absolute Gasteiger partial charge is 0.378 e. The van der Waals surface area contributed by atoms with Crippen LogP contribution in [-0.2, 0) is 30.9 Å². The Bertz CT molecular complexity index is 592. The van der Waals surface area contributed by atoms with Crippen LogP contribution in [0.4, 0.5) is 0 Å². The van der Waals surface area contributed by atoms with E-state index in [0.29, 0.717) is 12.6 Å². The van der Waals surface area contributed by atoms with Gasteiger partial charge in [0.25, 0.3) is 0 Å². The van der Waals surface area contributed by atoms with Gasteiger partial charge >= 0.3 is 0 Å². The summed E-state index contributed by atoms with van der Waals surface area (Å²) < 4.78 is 7.24. The fourth-order valence-corrected chi connectivity index (χ4v) is 3.71. The SMILES string of the molecule is CCn1ncc2c1CCC[C@H]2NCc1csc(COC)n1. The average Bonchev–Trinajstić information content (AvgIpc) is 3.12. The fraction of sp³-hybridized carbons (Fsp3) is 0.600. The molecule has 2 heterocycles. The third kappa shape index (κ3) is 3.17. The minimum absolute atomic E-state index is 0.404. The summed E-state index contributed by atoms with van der Waals surface area (Å²) >= 11 is 1.66. The average molecular weight is 306 g/mol. The number of ether oxygens (including phenoxy) is 1. The summed E-state index contributed by atoms with van der Waals surface area (Å²) in [5.74, 6) is 0. The van der Waals surface area contributed by atoms with E-state index in [0.717, 1.165) is 30.2 Å². The maximum absolute atomic E-state index is 5.11. The molecule has 0 bridgehead atoms. The lowest BCUT2D eigenvalue weighted by molar-refractivity contribution is 0.184. The maximum Gasteiger partial charge on any atom is 0.119 e. The van der Waals surface area contributed by atoms with Gasteiger partial charge < -0.3 is 10.1 Å². The highest BCUT2D eigenvalue weighted by atomic mass is 32.1. The van der Waals surface area contributed by atoms with Crippen LogP contribution in [0.2, 0.25) is 0 Å². The number of methoxy groups -OCH3 is 1. The normalized spacial score (nSPS) is 17.9. The minimum Gasteiger partial charge on any atom is -0.378 e. The maximum atomic E-state index is 5.11. The highest BCUT2D eigenvalue weighted by Crippen LogP contribution is 2.29. The molecule has 1 N–H and O–H groups in total. The smallest absolute Gasteiger partial charge is 0.119 e. The molecule has 1 atom stereocenters. The van der Waals surface area contributed by atoms with Crippen molar-refractivity contribution in [2.45, 2.75) is 51.9 Å². The van der Waals surface area contributed by atoms with Gasteiger partial charge in [-0.2, -0.15) is 5.10 Å². The van der Waals surface area contributed by atoms with Crippen LogP contribution in [0.1, 0.15) is 47.8 Å². The lowest BCUT2D eigenvalue weighted by Gasteiger charge is -2.23. The molecule has 0 amide bonds. The van der Waals surface area contributed by atoms with Gasteiger partial charge in [-0.15, -0.1) is 11.3 Å². The molecule has 2 aromatic heterocycles. The Labute approximate surface area is 129 Å². The number of aryl methyl sites for hydroxylation is 1. The van der Waals surface area contributed by atoms with Gasteiger partial charge in [-0.3, -0.25) is 4.68 Å². The monoisotopic (exact) mass is 306 g/mol. The molecule has 1 aliphatic carbocycles. The summed E-state index contributed by atoms with van der Waals surface area (Å²) in [6.07, 6.45) is 5.59. The van der Waals surface area contributed by atoms with Gasteiger partial charge in [-0.25, -0.2) is 4.98 Å². The van der Waals surface area contributed by atoms with Crippen LogP contribution < -0.4 is 5.32 Å². The second-order valence-electron chi connectivity index (χ2n) is 5.35. The summed E-state index contributed by atoms with van der Waals surface area (Å²) in [6.45, 7) is 4.51. The molecule has 0 aromatic carbocycles. The van der Waals surface area contributed by atoms with Crippen molar-refractivity contribution in [3.8, 4) is 0 Å². The van der Waals surface area contributed by atoms with Crippen molar-refractivity contribution in [3.05, 3.63) is 33.5 Å². The Hall–Kier alpha value is -1.24. The molecule has 3 rings (SSSR count). The third-order valence-electron chi connectivity index (χ3n) is 3.96. The van der Waals surface area contributed by atoms with Crippen molar-refractivity contribution < 1.29 is 4.74 Å². The van der Waals surface area contributed by atoms with E-state index in [1.165, 1.54) is 24.1 Å². The van der Waals surface area contributed by atoms with Gasteiger partial charge in [0, 0.05) is 42.9 Å². The van der Waals surface area contributed by atoms with E-state index in [2.05, 4.69) is 32.4 Å². The van der Waals surface area contributed by atoms with Gasteiger partial charge in [0.15, 0.2) is 0 Å². The zero-order valence-corrected chi connectivity index (χ0v) is 13.4. The summed E-state index contributed by atoms with van der Waals surface area (Å²) in [4.78, 5) is 4.57. The van der Waals surface area contributed by atoms with Crippen LogP contribution in [0.25, 0.3) is 0 Å². The van der Waals surface area contributed by atoms with E-state index in [1.807, 2.05) is 6.20 Å². The summed E-state index contributed by atoms with van der Waals surface area (Å²) in [5.41, 5.74) is 3.87. The Balaban J connectivity index is 1.64. The molecule has 0 saturated heterocycles. The molecule has 114 valence electrons.